The van der Waals surface area contributed by atoms with E-state index in [1.54, 1.807) is 0 Å². The summed E-state index contributed by atoms with van der Waals surface area (Å²) >= 11 is 2.29. The third-order valence-electron chi connectivity index (χ3n) is 2.68. The highest BCUT2D eigenvalue weighted by atomic mass is 127. The van der Waals surface area contributed by atoms with Gasteiger partial charge in [0.15, 0.2) is 0 Å². The first-order valence-electron chi connectivity index (χ1n) is 5.92. The van der Waals surface area contributed by atoms with Crippen molar-refractivity contribution in [2.75, 3.05) is 6.54 Å². The summed E-state index contributed by atoms with van der Waals surface area (Å²) in [7, 11) is 0. The number of aryl methyl sites for hydroxylation is 1. The molecule has 94 valence electrons. The molecule has 0 spiro atoms. The first-order chi connectivity index (χ1) is 8.69. The van der Waals surface area contributed by atoms with E-state index in [1.807, 2.05) is 30.3 Å². The van der Waals surface area contributed by atoms with Gasteiger partial charge in [0.2, 0.25) is 0 Å². The maximum Gasteiger partial charge on any atom is 0.140 e. The summed E-state index contributed by atoms with van der Waals surface area (Å²) in [5.41, 5.74) is 8.03. The molecule has 2 N–H and O–H groups in total. The topological polar surface area (TPSA) is 35.2 Å². The van der Waals surface area contributed by atoms with Crippen molar-refractivity contribution in [1.82, 2.24) is 0 Å². The lowest BCUT2D eigenvalue weighted by Crippen LogP contribution is -2.02. The number of hydrogen-bond acceptors (Lipinski definition) is 2. The van der Waals surface area contributed by atoms with Crippen LogP contribution in [0.2, 0.25) is 0 Å². The first-order valence-corrected chi connectivity index (χ1v) is 7.00. The molecule has 0 aliphatic rings. The zero-order valence-corrected chi connectivity index (χ0v) is 12.5. The molecule has 0 saturated heterocycles. The van der Waals surface area contributed by atoms with E-state index >= 15 is 0 Å². The van der Waals surface area contributed by atoms with Crippen molar-refractivity contribution < 1.29 is 4.74 Å². The molecule has 0 amide bonds. The molecule has 3 heteroatoms. The average molecular weight is 353 g/mol. The molecule has 0 aromatic heterocycles. The fraction of sp³-hybridized carbons (Fsp3) is 0.200. The van der Waals surface area contributed by atoms with Gasteiger partial charge in [0.05, 0.1) is 3.57 Å². The maximum absolute atomic E-state index is 5.86. The van der Waals surface area contributed by atoms with Crippen LogP contribution in [0.3, 0.4) is 0 Å². The van der Waals surface area contributed by atoms with E-state index in [0.717, 1.165) is 21.5 Å². The van der Waals surface area contributed by atoms with Crippen LogP contribution in [0.5, 0.6) is 11.5 Å². The standard InChI is InChI=1S/C15H16INO/c1-11-2-5-13(6-3-11)18-15-7-4-12(8-9-17)10-14(15)16/h2-7,10H,8-9,17H2,1H3. The number of hydrogen-bond donors (Lipinski definition) is 1. The lowest BCUT2D eigenvalue weighted by molar-refractivity contribution is 0.479. The van der Waals surface area contributed by atoms with Gasteiger partial charge in [0.25, 0.3) is 0 Å². The Labute approximate surface area is 121 Å². The second-order valence-corrected chi connectivity index (χ2v) is 5.38. The van der Waals surface area contributed by atoms with Crippen LogP contribution in [0.25, 0.3) is 0 Å². The summed E-state index contributed by atoms with van der Waals surface area (Å²) in [6.45, 7) is 2.74. The van der Waals surface area contributed by atoms with Gasteiger partial charge in [-0.1, -0.05) is 23.8 Å². The highest BCUT2D eigenvalue weighted by Gasteiger charge is 2.04. The lowest BCUT2D eigenvalue weighted by atomic mass is 10.1. The molecule has 2 nitrogen and oxygen atoms in total. The lowest BCUT2D eigenvalue weighted by Gasteiger charge is -2.09. The molecule has 0 atom stereocenters. The normalized spacial score (nSPS) is 10.4. The van der Waals surface area contributed by atoms with Crippen LogP contribution in [0.15, 0.2) is 42.5 Å². The fourth-order valence-corrected chi connectivity index (χ4v) is 2.37. The SMILES string of the molecule is Cc1ccc(Oc2ccc(CCN)cc2I)cc1. The van der Waals surface area contributed by atoms with Crippen LogP contribution in [0.4, 0.5) is 0 Å². The highest BCUT2D eigenvalue weighted by Crippen LogP contribution is 2.27. The van der Waals surface area contributed by atoms with Gasteiger partial charge in [-0.2, -0.15) is 0 Å². The van der Waals surface area contributed by atoms with E-state index < -0.39 is 0 Å². The molecule has 0 aliphatic heterocycles. The molecule has 2 aromatic rings. The summed E-state index contributed by atoms with van der Waals surface area (Å²) in [6.07, 6.45) is 0.904. The smallest absolute Gasteiger partial charge is 0.140 e. The quantitative estimate of drug-likeness (QED) is 0.847. The number of benzene rings is 2. The Kier molecular flexibility index (Phi) is 4.60. The second-order valence-electron chi connectivity index (χ2n) is 4.22. The van der Waals surface area contributed by atoms with Gasteiger partial charge in [-0.3, -0.25) is 0 Å². The van der Waals surface area contributed by atoms with E-state index in [4.69, 9.17) is 10.5 Å². The Balaban J connectivity index is 2.16. The van der Waals surface area contributed by atoms with Crippen molar-refractivity contribution >= 4 is 22.6 Å². The van der Waals surface area contributed by atoms with Crippen molar-refractivity contribution in [2.45, 2.75) is 13.3 Å². The van der Waals surface area contributed by atoms with Gasteiger partial charge in [-0.05, 0) is 72.3 Å². The zero-order chi connectivity index (χ0) is 13.0. The highest BCUT2D eigenvalue weighted by molar-refractivity contribution is 14.1. The largest absolute Gasteiger partial charge is 0.456 e. The van der Waals surface area contributed by atoms with Crippen LogP contribution in [0.1, 0.15) is 11.1 Å². The third-order valence-corrected chi connectivity index (χ3v) is 3.52. The van der Waals surface area contributed by atoms with E-state index in [0.29, 0.717) is 6.54 Å². The second kappa shape index (κ2) is 6.20. The molecular formula is C15H16INO. The number of rotatable bonds is 4. The Morgan fingerprint density at radius 3 is 2.44 bits per heavy atom. The molecule has 0 unspecified atom stereocenters. The van der Waals surface area contributed by atoms with E-state index in [2.05, 4.69) is 41.6 Å². The van der Waals surface area contributed by atoms with Crippen molar-refractivity contribution in [2.24, 2.45) is 5.73 Å². The maximum atomic E-state index is 5.86. The molecule has 0 fully saturated rings. The van der Waals surface area contributed by atoms with Crippen molar-refractivity contribution in [3.8, 4) is 11.5 Å². The minimum Gasteiger partial charge on any atom is -0.456 e. The van der Waals surface area contributed by atoms with Crippen LogP contribution >= 0.6 is 22.6 Å². The third kappa shape index (κ3) is 3.46. The Morgan fingerprint density at radius 2 is 1.83 bits per heavy atom. The fourth-order valence-electron chi connectivity index (χ4n) is 1.68. The van der Waals surface area contributed by atoms with Gasteiger partial charge in [0.1, 0.15) is 11.5 Å². The zero-order valence-electron chi connectivity index (χ0n) is 10.3. The Bertz CT molecular complexity index is 523. The summed E-state index contributed by atoms with van der Waals surface area (Å²) in [5.74, 6) is 1.75. The molecule has 0 aliphatic carbocycles. The van der Waals surface area contributed by atoms with Crippen molar-refractivity contribution in [1.29, 1.82) is 0 Å². The van der Waals surface area contributed by atoms with Crippen molar-refractivity contribution in [3.63, 3.8) is 0 Å². The minimum atomic E-state index is 0.675. The monoisotopic (exact) mass is 353 g/mol. The predicted octanol–water partition coefficient (Wildman–Crippen LogP) is 3.89. The van der Waals surface area contributed by atoms with Crippen LogP contribution in [-0.2, 0) is 6.42 Å². The van der Waals surface area contributed by atoms with Crippen LogP contribution < -0.4 is 10.5 Å². The van der Waals surface area contributed by atoms with Gasteiger partial charge < -0.3 is 10.5 Å². The predicted molar refractivity (Wildman–Crippen MR) is 83.2 cm³/mol. The molecule has 0 bridgehead atoms. The Morgan fingerprint density at radius 1 is 1.11 bits per heavy atom. The van der Waals surface area contributed by atoms with Gasteiger partial charge in [-0.15, -0.1) is 0 Å². The van der Waals surface area contributed by atoms with Crippen molar-refractivity contribution in [3.05, 3.63) is 57.2 Å². The molecule has 2 aromatic carbocycles. The van der Waals surface area contributed by atoms with E-state index in [9.17, 15) is 0 Å². The van der Waals surface area contributed by atoms with Crippen LogP contribution in [-0.4, -0.2) is 6.54 Å². The summed E-state index contributed by atoms with van der Waals surface area (Å²) in [4.78, 5) is 0. The minimum absolute atomic E-state index is 0.675. The summed E-state index contributed by atoms with van der Waals surface area (Å²) in [5, 5.41) is 0. The van der Waals surface area contributed by atoms with Gasteiger partial charge in [0, 0.05) is 0 Å². The number of ether oxygens (including phenoxy) is 1. The summed E-state index contributed by atoms with van der Waals surface area (Å²) in [6, 6.07) is 14.3. The van der Waals surface area contributed by atoms with Crippen LogP contribution in [0, 0.1) is 10.5 Å². The van der Waals surface area contributed by atoms with E-state index in [-0.39, 0.29) is 0 Å². The molecule has 0 radical (unpaired) electrons. The molecular weight excluding hydrogens is 337 g/mol. The average Bonchev–Trinajstić information content (AvgIpc) is 2.36. The molecule has 18 heavy (non-hydrogen) atoms. The van der Waals surface area contributed by atoms with E-state index in [1.165, 1.54) is 11.1 Å². The molecule has 2 rings (SSSR count). The first kappa shape index (κ1) is 13.4. The van der Waals surface area contributed by atoms with Gasteiger partial charge >= 0.3 is 0 Å². The molecule has 0 saturated carbocycles. The number of nitrogens with two attached hydrogens (primary N) is 1. The Hall–Kier alpha value is -1.07. The van der Waals surface area contributed by atoms with Gasteiger partial charge in [-0.25, -0.2) is 0 Å². The molecule has 0 heterocycles. The number of halogens is 1. The summed E-state index contributed by atoms with van der Waals surface area (Å²) < 4.78 is 6.97.